The Labute approximate surface area is 76.2 Å². The van der Waals surface area contributed by atoms with Gasteiger partial charge in [0.2, 0.25) is 0 Å². The average molecular weight is 170 g/mol. The Morgan fingerprint density at radius 1 is 1.50 bits per heavy atom. The van der Waals surface area contributed by atoms with Gasteiger partial charge in [-0.2, -0.15) is 0 Å². The van der Waals surface area contributed by atoms with Crippen LogP contribution in [0.3, 0.4) is 0 Å². The Morgan fingerprint density at radius 3 is 2.67 bits per heavy atom. The summed E-state index contributed by atoms with van der Waals surface area (Å²) in [4.78, 5) is 0. The molecule has 12 heavy (non-hydrogen) atoms. The van der Waals surface area contributed by atoms with Gasteiger partial charge in [0.1, 0.15) is 0 Å². The SMILES string of the molecule is C[C@H](CO)C1CCCC(C)(C)C1. The summed E-state index contributed by atoms with van der Waals surface area (Å²) < 4.78 is 0. The van der Waals surface area contributed by atoms with E-state index >= 15 is 0 Å². The molecule has 0 saturated heterocycles. The molecule has 0 heterocycles. The van der Waals surface area contributed by atoms with Crippen molar-refractivity contribution in [2.45, 2.75) is 46.5 Å². The van der Waals surface area contributed by atoms with Gasteiger partial charge in [-0.25, -0.2) is 0 Å². The second-order valence-electron chi connectivity index (χ2n) is 5.18. The lowest BCUT2D eigenvalue weighted by Crippen LogP contribution is -2.27. The Kier molecular flexibility index (Phi) is 3.16. The fourth-order valence-electron chi connectivity index (χ4n) is 2.39. The molecule has 1 aliphatic carbocycles. The van der Waals surface area contributed by atoms with Crippen molar-refractivity contribution in [1.29, 1.82) is 0 Å². The van der Waals surface area contributed by atoms with Crippen LogP contribution in [0.5, 0.6) is 0 Å². The van der Waals surface area contributed by atoms with Crippen molar-refractivity contribution in [2.75, 3.05) is 6.61 Å². The van der Waals surface area contributed by atoms with Gasteiger partial charge in [0.15, 0.2) is 0 Å². The molecule has 0 bridgehead atoms. The van der Waals surface area contributed by atoms with Gasteiger partial charge in [0, 0.05) is 6.61 Å². The maximum absolute atomic E-state index is 9.06. The molecule has 0 aromatic rings. The van der Waals surface area contributed by atoms with Crippen LogP contribution in [-0.2, 0) is 0 Å². The minimum atomic E-state index is 0.362. The van der Waals surface area contributed by atoms with E-state index in [0.29, 0.717) is 17.9 Å². The highest BCUT2D eigenvalue weighted by atomic mass is 16.3. The van der Waals surface area contributed by atoms with Crippen molar-refractivity contribution in [1.82, 2.24) is 0 Å². The largest absolute Gasteiger partial charge is 0.396 e. The van der Waals surface area contributed by atoms with E-state index in [0.717, 1.165) is 5.92 Å². The van der Waals surface area contributed by atoms with Crippen molar-refractivity contribution in [2.24, 2.45) is 17.3 Å². The lowest BCUT2D eigenvalue weighted by Gasteiger charge is -2.37. The van der Waals surface area contributed by atoms with Crippen molar-refractivity contribution in [3.05, 3.63) is 0 Å². The Bertz CT molecular complexity index is 140. The fraction of sp³-hybridized carbons (Fsp3) is 1.00. The number of rotatable bonds is 2. The molecule has 0 aromatic carbocycles. The highest BCUT2D eigenvalue weighted by molar-refractivity contribution is 4.81. The minimum absolute atomic E-state index is 0.362. The molecule has 1 heteroatoms. The average Bonchev–Trinajstić information content (AvgIpc) is 2.01. The second kappa shape index (κ2) is 3.78. The van der Waals surface area contributed by atoms with E-state index in [1.807, 2.05) is 0 Å². The fourth-order valence-corrected chi connectivity index (χ4v) is 2.39. The van der Waals surface area contributed by atoms with E-state index in [4.69, 9.17) is 5.11 Å². The number of aliphatic hydroxyl groups is 1. The Hall–Kier alpha value is -0.0400. The highest BCUT2D eigenvalue weighted by Crippen LogP contribution is 2.41. The van der Waals surface area contributed by atoms with Gasteiger partial charge in [-0.3, -0.25) is 0 Å². The van der Waals surface area contributed by atoms with Crippen molar-refractivity contribution >= 4 is 0 Å². The molecule has 0 amide bonds. The van der Waals surface area contributed by atoms with E-state index in [1.165, 1.54) is 25.7 Å². The minimum Gasteiger partial charge on any atom is -0.396 e. The van der Waals surface area contributed by atoms with Gasteiger partial charge >= 0.3 is 0 Å². The summed E-state index contributed by atoms with van der Waals surface area (Å²) in [7, 11) is 0. The quantitative estimate of drug-likeness (QED) is 0.675. The van der Waals surface area contributed by atoms with E-state index in [-0.39, 0.29) is 0 Å². The molecule has 72 valence electrons. The van der Waals surface area contributed by atoms with Gasteiger partial charge < -0.3 is 5.11 Å². The normalized spacial score (nSPS) is 31.5. The van der Waals surface area contributed by atoms with Crippen molar-refractivity contribution in [3.63, 3.8) is 0 Å². The van der Waals surface area contributed by atoms with Crippen LogP contribution in [-0.4, -0.2) is 11.7 Å². The summed E-state index contributed by atoms with van der Waals surface area (Å²) in [6.07, 6.45) is 5.34. The third kappa shape index (κ3) is 2.48. The molecule has 1 unspecified atom stereocenters. The molecule has 1 fully saturated rings. The first-order valence-corrected chi connectivity index (χ1v) is 5.16. The third-order valence-corrected chi connectivity index (χ3v) is 3.34. The molecule has 1 nitrogen and oxygen atoms in total. The van der Waals surface area contributed by atoms with Crippen LogP contribution in [0.1, 0.15) is 46.5 Å². The predicted molar refractivity (Wildman–Crippen MR) is 52.0 cm³/mol. The van der Waals surface area contributed by atoms with Crippen LogP contribution in [0.25, 0.3) is 0 Å². The van der Waals surface area contributed by atoms with Gasteiger partial charge in [0.25, 0.3) is 0 Å². The molecule has 0 aliphatic heterocycles. The second-order valence-corrected chi connectivity index (χ2v) is 5.18. The van der Waals surface area contributed by atoms with Gasteiger partial charge in [-0.05, 0) is 30.1 Å². The van der Waals surface area contributed by atoms with Crippen molar-refractivity contribution in [3.8, 4) is 0 Å². The molecule has 0 radical (unpaired) electrons. The van der Waals surface area contributed by atoms with E-state index in [9.17, 15) is 0 Å². The standard InChI is InChI=1S/C11H22O/c1-9(8-12)10-5-4-6-11(2,3)7-10/h9-10,12H,4-8H2,1-3H3/t9-,10?/m1/s1. The van der Waals surface area contributed by atoms with E-state index in [1.54, 1.807) is 0 Å². The van der Waals surface area contributed by atoms with Gasteiger partial charge in [-0.1, -0.05) is 33.6 Å². The zero-order valence-electron chi connectivity index (χ0n) is 8.64. The first kappa shape index (κ1) is 10.0. The van der Waals surface area contributed by atoms with Gasteiger partial charge in [0.05, 0.1) is 0 Å². The smallest absolute Gasteiger partial charge is 0.0459 e. The summed E-state index contributed by atoms with van der Waals surface area (Å²) in [5.41, 5.74) is 0.520. The first-order valence-electron chi connectivity index (χ1n) is 5.16. The zero-order valence-corrected chi connectivity index (χ0v) is 8.64. The summed E-state index contributed by atoms with van der Waals surface area (Å²) in [5, 5.41) is 9.06. The monoisotopic (exact) mass is 170 g/mol. The summed E-state index contributed by atoms with van der Waals surface area (Å²) in [5.74, 6) is 1.27. The molecule has 2 atom stereocenters. The third-order valence-electron chi connectivity index (χ3n) is 3.34. The molecule has 0 aromatic heterocycles. The lowest BCUT2D eigenvalue weighted by atomic mass is 9.69. The van der Waals surface area contributed by atoms with Crippen molar-refractivity contribution < 1.29 is 5.11 Å². The lowest BCUT2D eigenvalue weighted by molar-refractivity contribution is 0.103. The molecule has 0 spiro atoms. The predicted octanol–water partition coefficient (Wildman–Crippen LogP) is 2.83. The molecular weight excluding hydrogens is 148 g/mol. The van der Waals surface area contributed by atoms with Crippen LogP contribution in [0.2, 0.25) is 0 Å². The maximum atomic E-state index is 9.06. The number of aliphatic hydroxyl groups excluding tert-OH is 1. The molecule has 1 saturated carbocycles. The zero-order chi connectivity index (χ0) is 9.19. The van der Waals surface area contributed by atoms with Crippen LogP contribution >= 0.6 is 0 Å². The van der Waals surface area contributed by atoms with Crippen LogP contribution in [0.4, 0.5) is 0 Å². The molecule has 1 N–H and O–H groups in total. The molecular formula is C11H22O. The molecule has 1 aliphatic rings. The first-order chi connectivity index (χ1) is 5.55. The molecule has 1 rings (SSSR count). The summed E-state index contributed by atoms with van der Waals surface area (Å²) in [6.45, 7) is 7.24. The number of hydrogen-bond acceptors (Lipinski definition) is 1. The highest BCUT2D eigenvalue weighted by Gasteiger charge is 2.30. The Morgan fingerprint density at radius 2 is 2.17 bits per heavy atom. The van der Waals surface area contributed by atoms with Crippen LogP contribution in [0.15, 0.2) is 0 Å². The van der Waals surface area contributed by atoms with Gasteiger partial charge in [-0.15, -0.1) is 0 Å². The number of hydrogen-bond donors (Lipinski definition) is 1. The summed E-state index contributed by atoms with van der Waals surface area (Å²) >= 11 is 0. The van der Waals surface area contributed by atoms with E-state index in [2.05, 4.69) is 20.8 Å². The summed E-state index contributed by atoms with van der Waals surface area (Å²) in [6, 6.07) is 0. The van der Waals surface area contributed by atoms with Crippen LogP contribution in [0, 0.1) is 17.3 Å². The Balaban J connectivity index is 2.46. The maximum Gasteiger partial charge on any atom is 0.0459 e. The van der Waals surface area contributed by atoms with E-state index < -0.39 is 0 Å². The topological polar surface area (TPSA) is 20.2 Å². The van der Waals surface area contributed by atoms with Crippen LogP contribution < -0.4 is 0 Å².